The van der Waals surface area contributed by atoms with Crippen molar-refractivity contribution in [3.8, 4) is 5.75 Å². The smallest absolute Gasteiger partial charge is 0.246 e. The average Bonchev–Trinajstić information content (AvgIpc) is 3.46. The van der Waals surface area contributed by atoms with E-state index >= 15 is 0 Å². The first-order chi connectivity index (χ1) is 20.2. The monoisotopic (exact) mass is 572 g/mol. The number of carbonyl (C=O) groups excluding carboxylic acids is 2. The lowest BCUT2D eigenvalue weighted by Gasteiger charge is -2.42. The van der Waals surface area contributed by atoms with Crippen LogP contribution in [0.25, 0.3) is 15.7 Å². The van der Waals surface area contributed by atoms with Crippen molar-refractivity contribution in [2.24, 2.45) is 0 Å². The topological polar surface area (TPSA) is 127 Å². The van der Waals surface area contributed by atoms with Crippen molar-refractivity contribution in [1.29, 1.82) is 0 Å². The van der Waals surface area contributed by atoms with Crippen molar-refractivity contribution in [3.63, 3.8) is 0 Å². The zero-order chi connectivity index (χ0) is 30.0. The molecule has 42 heavy (non-hydrogen) atoms. The molecule has 1 saturated heterocycles. The lowest BCUT2D eigenvalue weighted by molar-refractivity contribution is -0.129. The van der Waals surface area contributed by atoms with Crippen LogP contribution in [-0.2, 0) is 9.59 Å². The number of rotatable bonds is 8. The van der Waals surface area contributed by atoms with Gasteiger partial charge in [-0.2, -0.15) is 15.1 Å². The standard InChI is InChI=1S/C29H36N10O3/c1-7-23(40)39-13-12-38(16-19(39)14-30-3)28-26-27(33-29(34-28)31-11-10-24(41)36(4)5)37(6)22(17-42-26)25-18(2)8-9-21-20(25)15-32-35-21/h7-9,15,19,22H,1,10-14,16-17H2,2,4-6H3,(H,32,35)(H,31,33,34)/t19-,22?/m0/s1. The maximum absolute atomic E-state index is 12.5. The highest BCUT2D eigenvalue weighted by molar-refractivity contribution is 5.88. The summed E-state index contributed by atoms with van der Waals surface area (Å²) in [6, 6.07) is 3.63. The SMILES string of the molecule is [C-]#[N+]C[C@H]1CN(c2nc(NCCC(=O)N(C)C)nc3c2OCC(c2c(C)ccc4[nH]ncc24)N3C)CCN1C(=O)C=C. The van der Waals surface area contributed by atoms with E-state index in [2.05, 4.69) is 49.7 Å². The molecule has 0 bridgehead atoms. The van der Waals surface area contributed by atoms with E-state index in [0.717, 1.165) is 22.0 Å². The summed E-state index contributed by atoms with van der Waals surface area (Å²) >= 11 is 0. The number of hydrogen-bond donors (Lipinski definition) is 2. The number of piperazine rings is 1. The normalized spacial score (nSPS) is 18.2. The Balaban J connectivity index is 1.52. The van der Waals surface area contributed by atoms with E-state index in [9.17, 15) is 9.59 Å². The van der Waals surface area contributed by atoms with Crippen molar-refractivity contribution in [3.05, 3.63) is 53.5 Å². The van der Waals surface area contributed by atoms with Gasteiger partial charge in [0.15, 0.2) is 11.6 Å². The molecule has 2 atom stereocenters. The van der Waals surface area contributed by atoms with E-state index < -0.39 is 0 Å². The zero-order valence-corrected chi connectivity index (χ0v) is 24.4. The van der Waals surface area contributed by atoms with Crippen LogP contribution in [0.15, 0.2) is 31.0 Å². The molecule has 0 saturated carbocycles. The lowest BCUT2D eigenvalue weighted by atomic mass is 9.96. The van der Waals surface area contributed by atoms with Crippen molar-refractivity contribution in [2.45, 2.75) is 25.4 Å². The van der Waals surface area contributed by atoms with Gasteiger partial charge in [0.25, 0.3) is 0 Å². The van der Waals surface area contributed by atoms with Gasteiger partial charge < -0.3 is 34.5 Å². The number of ether oxygens (including phenoxy) is 1. The van der Waals surface area contributed by atoms with Gasteiger partial charge in [-0.3, -0.25) is 14.7 Å². The van der Waals surface area contributed by atoms with Crippen LogP contribution in [0.5, 0.6) is 5.75 Å². The first kappa shape index (κ1) is 28.7. The largest absolute Gasteiger partial charge is 0.484 e. The minimum atomic E-state index is -0.322. The predicted molar refractivity (Wildman–Crippen MR) is 161 cm³/mol. The fourth-order valence-electron chi connectivity index (χ4n) is 5.60. The van der Waals surface area contributed by atoms with Crippen molar-refractivity contribution in [1.82, 2.24) is 30.0 Å². The molecule has 2 aliphatic rings. The fourth-order valence-corrected chi connectivity index (χ4v) is 5.60. The quantitative estimate of drug-likeness (QED) is 0.309. The van der Waals surface area contributed by atoms with Gasteiger partial charge in [0.2, 0.25) is 30.1 Å². The molecule has 220 valence electrons. The number of anilines is 3. The molecule has 1 unspecified atom stereocenters. The highest BCUT2D eigenvalue weighted by atomic mass is 16.5. The van der Waals surface area contributed by atoms with Crippen LogP contribution in [-0.4, -0.2) is 108 Å². The van der Waals surface area contributed by atoms with E-state index in [-0.39, 0.29) is 36.9 Å². The van der Waals surface area contributed by atoms with E-state index in [4.69, 9.17) is 21.3 Å². The number of nitrogens with one attached hydrogen (secondary N) is 2. The minimum Gasteiger partial charge on any atom is -0.484 e. The molecule has 2 amide bonds. The van der Waals surface area contributed by atoms with Gasteiger partial charge in [0.1, 0.15) is 12.6 Å². The van der Waals surface area contributed by atoms with Crippen LogP contribution in [0.1, 0.15) is 23.6 Å². The molecule has 2 aliphatic heterocycles. The maximum Gasteiger partial charge on any atom is 0.246 e. The fraction of sp³-hybridized carbons (Fsp3) is 0.448. The van der Waals surface area contributed by atoms with Crippen LogP contribution in [0.4, 0.5) is 17.6 Å². The molecule has 5 rings (SSSR count). The third kappa shape index (κ3) is 5.39. The third-order valence-electron chi connectivity index (χ3n) is 7.90. The van der Waals surface area contributed by atoms with Gasteiger partial charge in [-0.15, -0.1) is 0 Å². The second-order valence-electron chi connectivity index (χ2n) is 10.7. The molecule has 2 N–H and O–H groups in total. The summed E-state index contributed by atoms with van der Waals surface area (Å²) in [4.78, 5) is 45.4. The number of aromatic nitrogens is 4. The average molecular weight is 573 g/mol. The Hall–Kier alpha value is -4.86. The number of carbonyl (C=O) groups is 2. The Labute approximate surface area is 245 Å². The number of H-pyrrole nitrogens is 1. The summed E-state index contributed by atoms with van der Waals surface area (Å²) in [5.41, 5.74) is 3.17. The molecule has 13 heteroatoms. The van der Waals surface area contributed by atoms with E-state index in [0.29, 0.717) is 56.1 Å². The van der Waals surface area contributed by atoms with Crippen molar-refractivity contribution < 1.29 is 14.3 Å². The molecular weight excluding hydrogens is 536 g/mol. The number of benzene rings is 1. The molecule has 2 aromatic heterocycles. The molecule has 0 spiro atoms. The van der Waals surface area contributed by atoms with Gasteiger partial charge in [-0.1, -0.05) is 12.6 Å². The molecule has 1 fully saturated rings. The first-order valence-corrected chi connectivity index (χ1v) is 13.9. The Morgan fingerprint density at radius 2 is 2.07 bits per heavy atom. The molecular formula is C29H36N10O3. The number of aromatic amines is 1. The summed E-state index contributed by atoms with van der Waals surface area (Å²) in [6.07, 6.45) is 3.41. The van der Waals surface area contributed by atoms with Crippen LogP contribution >= 0.6 is 0 Å². The zero-order valence-electron chi connectivity index (χ0n) is 24.4. The molecule has 13 nitrogen and oxygen atoms in total. The lowest BCUT2D eigenvalue weighted by Crippen LogP contribution is -2.56. The number of hydrogen-bond acceptors (Lipinski definition) is 9. The van der Waals surface area contributed by atoms with Crippen molar-refractivity contribution in [2.75, 3.05) is 75.6 Å². The number of likely N-dealkylation sites (N-methyl/N-ethyl adjacent to an activating group) is 1. The second kappa shape index (κ2) is 11.9. The van der Waals surface area contributed by atoms with E-state index in [1.165, 1.54) is 6.08 Å². The Morgan fingerprint density at radius 3 is 2.81 bits per heavy atom. The predicted octanol–water partition coefficient (Wildman–Crippen LogP) is 2.24. The summed E-state index contributed by atoms with van der Waals surface area (Å²) in [5.74, 6) is 1.93. The summed E-state index contributed by atoms with van der Waals surface area (Å²) in [5, 5.41) is 11.6. The third-order valence-corrected chi connectivity index (χ3v) is 7.90. The number of amides is 2. The molecule has 0 aliphatic carbocycles. The Morgan fingerprint density at radius 1 is 1.29 bits per heavy atom. The summed E-state index contributed by atoms with van der Waals surface area (Å²) in [6.45, 7) is 15.4. The van der Waals surface area contributed by atoms with Gasteiger partial charge in [0, 0.05) is 59.1 Å². The van der Waals surface area contributed by atoms with Crippen molar-refractivity contribution >= 4 is 40.3 Å². The van der Waals surface area contributed by atoms with E-state index in [1.54, 1.807) is 23.9 Å². The first-order valence-electron chi connectivity index (χ1n) is 13.9. The Bertz CT molecular complexity index is 1540. The van der Waals surface area contributed by atoms with Gasteiger partial charge >= 0.3 is 0 Å². The van der Waals surface area contributed by atoms with Gasteiger partial charge in [-0.25, -0.2) is 6.57 Å². The van der Waals surface area contributed by atoms with Gasteiger partial charge in [-0.05, 0) is 30.2 Å². The summed E-state index contributed by atoms with van der Waals surface area (Å²) in [7, 11) is 5.44. The van der Waals surface area contributed by atoms with Crippen LogP contribution in [0, 0.1) is 13.5 Å². The molecule has 1 aromatic carbocycles. The number of nitrogens with zero attached hydrogens (tertiary/aromatic N) is 8. The van der Waals surface area contributed by atoms with E-state index in [1.807, 2.05) is 19.3 Å². The Kier molecular flexibility index (Phi) is 8.15. The molecule has 3 aromatic rings. The summed E-state index contributed by atoms with van der Waals surface area (Å²) < 4.78 is 6.46. The van der Waals surface area contributed by atoms with Gasteiger partial charge in [0.05, 0.1) is 17.8 Å². The molecule has 4 heterocycles. The maximum atomic E-state index is 12.5. The van der Waals surface area contributed by atoms with Crippen LogP contribution < -0.4 is 19.9 Å². The number of aryl methyl sites for hydroxylation is 1. The minimum absolute atomic E-state index is 0.00475. The second-order valence-corrected chi connectivity index (χ2v) is 10.7. The highest BCUT2D eigenvalue weighted by Gasteiger charge is 2.37. The van der Waals surface area contributed by atoms with Crippen LogP contribution in [0.2, 0.25) is 0 Å². The molecule has 0 radical (unpaired) electrons. The highest BCUT2D eigenvalue weighted by Crippen LogP contribution is 2.45. The number of fused-ring (bicyclic) bond motifs is 2. The van der Waals surface area contributed by atoms with Crippen LogP contribution in [0.3, 0.4) is 0 Å².